The number of fused-ring (bicyclic) bond motifs is 1. The van der Waals surface area contributed by atoms with E-state index < -0.39 is 0 Å². The van der Waals surface area contributed by atoms with E-state index in [1.807, 2.05) is 30.3 Å². The van der Waals surface area contributed by atoms with Crippen LogP contribution in [0.4, 0.5) is 0 Å². The fourth-order valence-electron chi connectivity index (χ4n) is 2.35. The lowest BCUT2D eigenvalue weighted by atomic mass is 10.1. The third-order valence-corrected chi connectivity index (χ3v) is 3.38. The summed E-state index contributed by atoms with van der Waals surface area (Å²) in [6.45, 7) is 0. The molecule has 2 aromatic heterocycles. The SMILES string of the molecule is c1ccc2cc(-c3nnnn3-c3ccncc3)ccc2c1. The zero-order chi connectivity index (χ0) is 14.1. The summed E-state index contributed by atoms with van der Waals surface area (Å²) in [6.07, 6.45) is 3.45. The van der Waals surface area contributed by atoms with E-state index in [9.17, 15) is 0 Å². The Labute approximate surface area is 120 Å². The molecule has 0 bridgehead atoms. The Morgan fingerprint density at radius 3 is 2.48 bits per heavy atom. The van der Waals surface area contributed by atoms with Gasteiger partial charge in [0.05, 0.1) is 5.69 Å². The molecule has 4 aromatic rings. The minimum Gasteiger partial charge on any atom is -0.265 e. The maximum atomic E-state index is 4.15. The van der Waals surface area contributed by atoms with Gasteiger partial charge in [0.25, 0.3) is 0 Å². The molecule has 0 atom stereocenters. The molecule has 0 saturated heterocycles. The molecule has 0 aliphatic heterocycles. The zero-order valence-corrected chi connectivity index (χ0v) is 11.1. The highest BCUT2D eigenvalue weighted by atomic mass is 15.5. The number of hydrogen-bond acceptors (Lipinski definition) is 4. The van der Waals surface area contributed by atoms with Gasteiger partial charge in [-0.1, -0.05) is 36.4 Å². The fraction of sp³-hybridized carbons (Fsp3) is 0. The first-order chi connectivity index (χ1) is 10.4. The van der Waals surface area contributed by atoms with E-state index in [2.05, 4.69) is 44.8 Å². The van der Waals surface area contributed by atoms with Crippen molar-refractivity contribution in [2.24, 2.45) is 0 Å². The van der Waals surface area contributed by atoms with Crippen LogP contribution < -0.4 is 0 Å². The molecule has 0 radical (unpaired) electrons. The predicted molar refractivity (Wildman–Crippen MR) is 79.9 cm³/mol. The average Bonchev–Trinajstić information content (AvgIpc) is 3.05. The first-order valence-corrected chi connectivity index (χ1v) is 6.60. The maximum Gasteiger partial charge on any atom is 0.187 e. The third kappa shape index (κ3) is 2.04. The topological polar surface area (TPSA) is 56.5 Å². The monoisotopic (exact) mass is 273 g/mol. The van der Waals surface area contributed by atoms with Gasteiger partial charge in [0.2, 0.25) is 0 Å². The van der Waals surface area contributed by atoms with Crippen molar-refractivity contribution < 1.29 is 0 Å². The van der Waals surface area contributed by atoms with Crippen LogP contribution in [0.3, 0.4) is 0 Å². The molecule has 0 aliphatic rings. The number of tetrazole rings is 1. The number of benzene rings is 2. The molecule has 0 fully saturated rings. The van der Waals surface area contributed by atoms with Crippen molar-refractivity contribution in [3.63, 3.8) is 0 Å². The quantitative estimate of drug-likeness (QED) is 0.563. The highest BCUT2D eigenvalue weighted by molar-refractivity contribution is 5.86. The van der Waals surface area contributed by atoms with Gasteiger partial charge in [-0.2, -0.15) is 4.68 Å². The molecule has 21 heavy (non-hydrogen) atoms. The molecule has 2 heterocycles. The van der Waals surface area contributed by atoms with E-state index in [0.717, 1.165) is 11.3 Å². The van der Waals surface area contributed by atoms with E-state index in [-0.39, 0.29) is 0 Å². The van der Waals surface area contributed by atoms with Crippen molar-refractivity contribution in [1.82, 2.24) is 25.2 Å². The van der Waals surface area contributed by atoms with E-state index in [0.29, 0.717) is 5.82 Å². The van der Waals surface area contributed by atoms with Gasteiger partial charge in [0.15, 0.2) is 5.82 Å². The van der Waals surface area contributed by atoms with E-state index in [1.165, 1.54) is 10.8 Å². The van der Waals surface area contributed by atoms with Gasteiger partial charge < -0.3 is 0 Å². The summed E-state index contributed by atoms with van der Waals surface area (Å²) in [6, 6.07) is 18.2. The van der Waals surface area contributed by atoms with Crippen LogP contribution in [0.15, 0.2) is 67.0 Å². The lowest BCUT2D eigenvalue weighted by molar-refractivity contribution is 0.790. The van der Waals surface area contributed by atoms with Crippen molar-refractivity contribution in [3.05, 3.63) is 67.0 Å². The van der Waals surface area contributed by atoms with Crippen LogP contribution in [0, 0.1) is 0 Å². The normalized spacial score (nSPS) is 10.9. The number of pyridine rings is 1. The molecule has 0 amide bonds. The highest BCUT2D eigenvalue weighted by Crippen LogP contribution is 2.23. The second-order valence-electron chi connectivity index (χ2n) is 4.68. The Hall–Kier alpha value is -3.08. The Balaban J connectivity index is 1.88. The molecule has 0 unspecified atom stereocenters. The van der Waals surface area contributed by atoms with Crippen molar-refractivity contribution in [1.29, 1.82) is 0 Å². The summed E-state index contributed by atoms with van der Waals surface area (Å²) < 4.78 is 1.71. The van der Waals surface area contributed by atoms with Crippen LogP contribution >= 0.6 is 0 Å². The number of nitrogens with zero attached hydrogens (tertiary/aromatic N) is 5. The summed E-state index contributed by atoms with van der Waals surface area (Å²) >= 11 is 0. The lowest BCUT2D eigenvalue weighted by Gasteiger charge is -2.05. The summed E-state index contributed by atoms with van der Waals surface area (Å²) in [4.78, 5) is 4.02. The summed E-state index contributed by atoms with van der Waals surface area (Å²) in [7, 11) is 0. The van der Waals surface area contributed by atoms with Gasteiger partial charge in [0.1, 0.15) is 0 Å². The van der Waals surface area contributed by atoms with E-state index >= 15 is 0 Å². The standard InChI is InChI=1S/C16H11N5/c1-2-4-13-11-14(6-5-12(13)3-1)16-18-19-20-21(16)15-7-9-17-10-8-15/h1-11H. The number of aromatic nitrogens is 5. The van der Waals surface area contributed by atoms with E-state index in [1.54, 1.807) is 17.1 Å². The van der Waals surface area contributed by atoms with Crippen molar-refractivity contribution in [2.45, 2.75) is 0 Å². The van der Waals surface area contributed by atoms with Gasteiger partial charge in [-0.3, -0.25) is 4.98 Å². The Morgan fingerprint density at radius 2 is 1.62 bits per heavy atom. The lowest BCUT2D eigenvalue weighted by Crippen LogP contribution is -1.99. The Bertz CT molecular complexity index is 899. The maximum absolute atomic E-state index is 4.15. The minimum atomic E-state index is 0.715. The second kappa shape index (κ2) is 4.79. The summed E-state index contributed by atoms with van der Waals surface area (Å²) in [5.41, 5.74) is 1.87. The summed E-state index contributed by atoms with van der Waals surface area (Å²) in [5, 5.41) is 14.4. The molecule has 0 aliphatic carbocycles. The van der Waals surface area contributed by atoms with Gasteiger partial charge in [-0.15, -0.1) is 5.10 Å². The second-order valence-corrected chi connectivity index (χ2v) is 4.68. The molecular weight excluding hydrogens is 262 g/mol. The van der Waals surface area contributed by atoms with Crippen LogP contribution in [0.5, 0.6) is 0 Å². The first kappa shape index (κ1) is 11.7. The highest BCUT2D eigenvalue weighted by Gasteiger charge is 2.10. The Morgan fingerprint density at radius 1 is 0.810 bits per heavy atom. The van der Waals surface area contributed by atoms with E-state index in [4.69, 9.17) is 0 Å². The fourth-order valence-corrected chi connectivity index (χ4v) is 2.35. The molecule has 0 N–H and O–H groups in total. The van der Waals surface area contributed by atoms with Crippen molar-refractivity contribution >= 4 is 10.8 Å². The van der Waals surface area contributed by atoms with Crippen LogP contribution in [0.2, 0.25) is 0 Å². The molecule has 100 valence electrons. The molecule has 0 spiro atoms. The predicted octanol–water partition coefficient (Wildman–Crippen LogP) is 2.88. The zero-order valence-electron chi connectivity index (χ0n) is 11.1. The molecule has 5 heteroatoms. The van der Waals surface area contributed by atoms with Crippen LogP contribution in [-0.2, 0) is 0 Å². The molecule has 2 aromatic carbocycles. The largest absolute Gasteiger partial charge is 0.265 e. The smallest absolute Gasteiger partial charge is 0.187 e. The van der Waals surface area contributed by atoms with Crippen molar-refractivity contribution in [3.8, 4) is 17.1 Å². The summed E-state index contributed by atoms with van der Waals surface area (Å²) in [5.74, 6) is 0.715. The molecular formula is C16H11N5. The van der Waals surface area contributed by atoms with Crippen LogP contribution in [0.1, 0.15) is 0 Å². The van der Waals surface area contributed by atoms with Crippen LogP contribution in [0.25, 0.3) is 27.8 Å². The number of hydrogen-bond donors (Lipinski definition) is 0. The van der Waals surface area contributed by atoms with Gasteiger partial charge >= 0.3 is 0 Å². The van der Waals surface area contributed by atoms with Gasteiger partial charge in [0, 0.05) is 18.0 Å². The van der Waals surface area contributed by atoms with Crippen molar-refractivity contribution in [2.75, 3.05) is 0 Å². The Kier molecular flexibility index (Phi) is 2.67. The van der Waals surface area contributed by atoms with Gasteiger partial charge in [-0.25, -0.2) is 0 Å². The third-order valence-electron chi connectivity index (χ3n) is 3.38. The molecule has 4 rings (SSSR count). The molecule has 0 saturated carbocycles. The van der Waals surface area contributed by atoms with Crippen LogP contribution in [-0.4, -0.2) is 25.2 Å². The van der Waals surface area contributed by atoms with Gasteiger partial charge in [-0.05, 0) is 39.4 Å². The minimum absolute atomic E-state index is 0.715. The number of rotatable bonds is 2. The molecule has 5 nitrogen and oxygen atoms in total. The average molecular weight is 273 g/mol. The first-order valence-electron chi connectivity index (χ1n) is 6.60.